The Morgan fingerprint density at radius 3 is 2.56 bits per heavy atom. The van der Waals surface area contributed by atoms with E-state index in [-0.39, 0.29) is 17.9 Å². The van der Waals surface area contributed by atoms with Crippen LogP contribution in [0.4, 0.5) is 11.4 Å². The molecule has 32 heavy (non-hydrogen) atoms. The van der Waals surface area contributed by atoms with Gasteiger partial charge in [-0.2, -0.15) is 0 Å². The number of nitro groups is 1. The van der Waals surface area contributed by atoms with Crippen LogP contribution in [0.3, 0.4) is 0 Å². The lowest BCUT2D eigenvalue weighted by atomic mass is 10.0. The molecule has 0 bridgehead atoms. The third-order valence-corrected chi connectivity index (χ3v) is 6.26. The van der Waals surface area contributed by atoms with Crippen LogP contribution in [0.5, 0.6) is 0 Å². The first-order valence-electron chi connectivity index (χ1n) is 10.8. The van der Waals surface area contributed by atoms with Gasteiger partial charge >= 0.3 is 11.6 Å². The molecular weight excluding hydrogens is 412 g/mol. The van der Waals surface area contributed by atoms with Gasteiger partial charge in [0.15, 0.2) is 0 Å². The van der Waals surface area contributed by atoms with Crippen molar-refractivity contribution >= 4 is 28.3 Å². The summed E-state index contributed by atoms with van der Waals surface area (Å²) < 4.78 is 10.8. The Labute approximate surface area is 183 Å². The summed E-state index contributed by atoms with van der Waals surface area (Å²) in [4.78, 5) is 37.8. The molecule has 2 aliphatic rings. The van der Waals surface area contributed by atoms with Crippen LogP contribution in [0, 0.1) is 10.1 Å². The molecule has 5 rings (SSSR count). The molecule has 164 valence electrons. The molecule has 1 saturated heterocycles. The number of hydrogen-bond donors (Lipinski definition) is 0. The number of nitrogens with zero attached hydrogens (tertiary/aromatic N) is 2. The van der Waals surface area contributed by atoms with Crippen LogP contribution < -0.4 is 10.5 Å². The first kappa shape index (κ1) is 20.2. The Morgan fingerprint density at radius 1 is 1.06 bits per heavy atom. The highest BCUT2D eigenvalue weighted by Gasteiger charge is 2.24. The Bertz CT molecular complexity index is 1290. The summed E-state index contributed by atoms with van der Waals surface area (Å²) in [6, 6.07) is 9.64. The fraction of sp³-hybridized carbons (Fsp3) is 0.333. The summed E-state index contributed by atoms with van der Waals surface area (Å²) in [5, 5.41) is 12.3. The van der Waals surface area contributed by atoms with Crippen molar-refractivity contribution < 1.29 is 18.9 Å². The number of hydrogen-bond acceptors (Lipinski definition) is 7. The van der Waals surface area contributed by atoms with E-state index in [0.717, 1.165) is 50.6 Å². The molecule has 0 amide bonds. The molecule has 8 nitrogen and oxygen atoms in total. The summed E-state index contributed by atoms with van der Waals surface area (Å²) in [7, 11) is 0. The lowest BCUT2D eigenvalue weighted by Gasteiger charge is -2.17. The predicted octanol–water partition coefficient (Wildman–Crippen LogP) is 4.15. The van der Waals surface area contributed by atoms with E-state index in [4.69, 9.17) is 9.15 Å². The molecular formula is C24H22N2O6. The molecule has 0 spiro atoms. The molecule has 0 radical (unpaired) electrons. The molecule has 1 aromatic heterocycles. The maximum absolute atomic E-state index is 12.7. The van der Waals surface area contributed by atoms with Gasteiger partial charge in [0.1, 0.15) is 17.9 Å². The van der Waals surface area contributed by atoms with E-state index in [1.54, 1.807) is 12.1 Å². The molecule has 8 heteroatoms. The zero-order valence-corrected chi connectivity index (χ0v) is 17.5. The highest BCUT2D eigenvalue weighted by atomic mass is 16.6. The van der Waals surface area contributed by atoms with Gasteiger partial charge in [0, 0.05) is 36.2 Å². The van der Waals surface area contributed by atoms with Crippen molar-refractivity contribution in [2.75, 3.05) is 18.0 Å². The third-order valence-electron chi connectivity index (χ3n) is 6.26. The van der Waals surface area contributed by atoms with Gasteiger partial charge in [-0.1, -0.05) is 0 Å². The molecule has 0 N–H and O–H groups in total. The summed E-state index contributed by atoms with van der Waals surface area (Å²) in [5.41, 5.74) is 3.44. The number of fused-ring (bicyclic) bond motifs is 2. The summed E-state index contributed by atoms with van der Waals surface area (Å²) >= 11 is 0. The van der Waals surface area contributed by atoms with Crippen molar-refractivity contribution in [3.05, 3.63) is 79.2 Å². The largest absolute Gasteiger partial charge is 0.457 e. The second-order valence-electron chi connectivity index (χ2n) is 8.29. The number of benzene rings is 2. The van der Waals surface area contributed by atoms with Crippen molar-refractivity contribution in [1.29, 1.82) is 0 Å². The van der Waals surface area contributed by atoms with E-state index in [9.17, 15) is 19.7 Å². The van der Waals surface area contributed by atoms with Gasteiger partial charge in [0.05, 0.1) is 10.5 Å². The minimum Gasteiger partial charge on any atom is -0.457 e. The van der Waals surface area contributed by atoms with Crippen LogP contribution in [0.25, 0.3) is 11.0 Å². The third kappa shape index (κ3) is 3.72. The average Bonchev–Trinajstić information content (AvgIpc) is 3.47. The minimum absolute atomic E-state index is 0.104. The monoisotopic (exact) mass is 434 g/mol. The highest BCUT2D eigenvalue weighted by Crippen LogP contribution is 2.32. The average molecular weight is 434 g/mol. The van der Waals surface area contributed by atoms with Gasteiger partial charge in [0.2, 0.25) is 0 Å². The standard InChI is InChI=1S/C24H22N2O6/c27-23-13-18(19-10-15-4-3-5-16(15)12-22(19)32-23)14-31-24(28)17-6-7-20(21(11-17)26(29)30)25-8-1-2-9-25/h6-7,10-13H,1-5,8-9,14H2. The lowest BCUT2D eigenvalue weighted by molar-refractivity contribution is -0.384. The lowest BCUT2D eigenvalue weighted by Crippen LogP contribution is -2.19. The van der Waals surface area contributed by atoms with Gasteiger partial charge < -0.3 is 14.1 Å². The second kappa shape index (κ2) is 8.11. The van der Waals surface area contributed by atoms with Crippen molar-refractivity contribution in [1.82, 2.24) is 0 Å². The van der Waals surface area contributed by atoms with Crippen molar-refractivity contribution in [3.63, 3.8) is 0 Å². The van der Waals surface area contributed by atoms with Crippen LogP contribution in [0.2, 0.25) is 0 Å². The van der Waals surface area contributed by atoms with E-state index < -0.39 is 16.5 Å². The molecule has 1 fully saturated rings. The number of carbonyl (C=O) groups is 1. The molecule has 2 aromatic carbocycles. The van der Waals surface area contributed by atoms with E-state index in [2.05, 4.69) is 0 Å². The van der Waals surface area contributed by atoms with Crippen LogP contribution >= 0.6 is 0 Å². The van der Waals surface area contributed by atoms with E-state index in [0.29, 0.717) is 16.8 Å². The maximum Gasteiger partial charge on any atom is 0.338 e. The zero-order chi connectivity index (χ0) is 22.2. The normalized spacial score (nSPS) is 15.2. The number of aryl methyl sites for hydroxylation is 2. The molecule has 2 heterocycles. The molecule has 0 atom stereocenters. The first-order chi connectivity index (χ1) is 15.5. The molecule has 1 aliphatic carbocycles. The minimum atomic E-state index is -0.677. The number of anilines is 1. The van der Waals surface area contributed by atoms with Crippen LogP contribution in [-0.4, -0.2) is 24.0 Å². The second-order valence-corrected chi connectivity index (χ2v) is 8.29. The van der Waals surface area contributed by atoms with Crippen LogP contribution in [0.1, 0.15) is 46.3 Å². The maximum atomic E-state index is 12.7. The van der Waals surface area contributed by atoms with Crippen molar-refractivity contribution in [2.24, 2.45) is 0 Å². The zero-order valence-electron chi connectivity index (χ0n) is 17.5. The smallest absolute Gasteiger partial charge is 0.338 e. The fourth-order valence-electron chi connectivity index (χ4n) is 4.66. The Kier molecular flexibility index (Phi) is 5.13. The van der Waals surface area contributed by atoms with Crippen LogP contribution in [0.15, 0.2) is 45.6 Å². The Morgan fingerprint density at radius 2 is 1.81 bits per heavy atom. The Balaban J connectivity index is 1.40. The summed E-state index contributed by atoms with van der Waals surface area (Å²) in [5.74, 6) is -0.677. The summed E-state index contributed by atoms with van der Waals surface area (Å²) in [6.45, 7) is 1.40. The molecule has 0 unspecified atom stereocenters. The van der Waals surface area contributed by atoms with Crippen LogP contribution in [-0.2, 0) is 24.2 Å². The van der Waals surface area contributed by atoms with Crippen molar-refractivity contribution in [2.45, 2.75) is 38.7 Å². The molecule has 0 saturated carbocycles. The topological polar surface area (TPSA) is 103 Å². The van der Waals surface area contributed by atoms with Gasteiger partial charge in [-0.3, -0.25) is 10.1 Å². The number of rotatable bonds is 5. The molecule has 3 aromatic rings. The molecule has 1 aliphatic heterocycles. The Hall–Kier alpha value is -3.68. The number of nitro benzene ring substituents is 1. The van der Waals surface area contributed by atoms with Gasteiger partial charge in [-0.15, -0.1) is 0 Å². The highest BCUT2D eigenvalue weighted by molar-refractivity contribution is 5.92. The van der Waals surface area contributed by atoms with E-state index in [1.807, 2.05) is 17.0 Å². The van der Waals surface area contributed by atoms with Gasteiger partial charge in [-0.25, -0.2) is 9.59 Å². The fourth-order valence-corrected chi connectivity index (χ4v) is 4.66. The van der Waals surface area contributed by atoms with E-state index >= 15 is 0 Å². The van der Waals surface area contributed by atoms with Gasteiger partial charge in [-0.05, 0) is 67.5 Å². The number of esters is 1. The SMILES string of the molecule is O=C(OCc1cc(=O)oc2cc3c(cc12)CCC3)c1ccc(N2CCCC2)c([N+](=O)[O-])c1. The van der Waals surface area contributed by atoms with Gasteiger partial charge in [0.25, 0.3) is 5.69 Å². The van der Waals surface area contributed by atoms with Crippen molar-refractivity contribution in [3.8, 4) is 0 Å². The first-order valence-corrected chi connectivity index (χ1v) is 10.8. The number of ether oxygens (including phenoxy) is 1. The predicted molar refractivity (Wildman–Crippen MR) is 118 cm³/mol. The summed E-state index contributed by atoms with van der Waals surface area (Å²) in [6.07, 6.45) is 4.97. The number of carbonyl (C=O) groups excluding carboxylic acids is 1. The quantitative estimate of drug-likeness (QED) is 0.257. The van der Waals surface area contributed by atoms with E-state index in [1.165, 1.54) is 23.3 Å².